The molecular weight excluding hydrogens is 299 g/mol. The summed E-state index contributed by atoms with van der Waals surface area (Å²) >= 11 is 3.35. The third-order valence-corrected chi connectivity index (χ3v) is 3.42. The van der Waals surface area contributed by atoms with E-state index in [0.29, 0.717) is 6.42 Å². The van der Waals surface area contributed by atoms with E-state index in [0.717, 1.165) is 29.4 Å². The minimum absolute atomic E-state index is 0.133. The van der Waals surface area contributed by atoms with E-state index in [1.165, 1.54) is 12.1 Å². The number of rotatable bonds is 7. The maximum Gasteiger partial charge on any atom is 0.217 e. The van der Waals surface area contributed by atoms with Gasteiger partial charge in [-0.25, -0.2) is 4.39 Å². The first-order chi connectivity index (χ1) is 8.50. The summed E-state index contributed by atoms with van der Waals surface area (Å²) in [6, 6.07) is 4.81. The first-order valence-electron chi connectivity index (χ1n) is 5.97. The molecule has 0 aromatic heterocycles. The first kappa shape index (κ1) is 15.1. The molecule has 1 aromatic carbocycles. The van der Waals surface area contributed by atoms with Gasteiger partial charge in [0.1, 0.15) is 5.82 Å². The summed E-state index contributed by atoms with van der Waals surface area (Å²) in [5.74, 6) is -0.511. The zero-order valence-electron chi connectivity index (χ0n) is 10.4. The number of primary amides is 1. The van der Waals surface area contributed by atoms with Crippen molar-refractivity contribution in [2.24, 2.45) is 5.73 Å². The second-order valence-corrected chi connectivity index (χ2v) is 5.12. The molecule has 1 atom stereocenters. The van der Waals surface area contributed by atoms with E-state index >= 15 is 0 Å². The molecular formula is C13H18BrFN2O. The smallest absolute Gasteiger partial charge is 0.217 e. The van der Waals surface area contributed by atoms with Crippen molar-refractivity contribution >= 4 is 21.8 Å². The van der Waals surface area contributed by atoms with E-state index in [9.17, 15) is 9.18 Å². The van der Waals surface area contributed by atoms with E-state index in [-0.39, 0.29) is 17.8 Å². The summed E-state index contributed by atoms with van der Waals surface area (Å²) in [6.45, 7) is 2.82. The number of carbonyl (C=O) groups is 1. The van der Waals surface area contributed by atoms with Crippen LogP contribution in [0.3, 0.4) is 0 Å². The minimum atomic E-state index is -0.260. The van der Waals surface area contributed by atoms with Crippen LogP contribution in [0.5, 0.6) is 0 Å². The maximum atomic E-state index is 12.9. The SMILES string of the molecule is CC(NCCCCC(N)=O)c1ccc(F)cc1Br. The predicted octanol–water partition coefficient (Wildman–Crippen LogP) is 2.89. The normalized spacial score (nSPS) is 12.4. The van der Waals surface area contributed by atoms with Crippen LogP contribution in [-0.4, -0.2) is 12.5 Å². The molecule has 0 saturated carbocycles. The highest BCUT2D eigenvalue weighted by molar-refractivity contribution is 9.10. The topological polar surface area (TPSA) is 55.1 Å². The van der Waals surface area contributed by atoms with Crippen LogP contribution in [0.4, 0.5) is 4.39 Å². The zero-order chi connectivity index (χ0) is 13.5. The van der Waals surface area contributed by atoms with E-state index in [4.69, 9.17) is 5.73 Å². The van der Waals surface area contributed by atoms with E-state index in [2.05, 4.69) is 21.2 Å². The van der Waals surface area contributed by atoms with Crippen LogP contribution in [0, 0.1) is 5.82 Å². The summed E-state index contributed by atoms with van der Waals surface area (Å²) < 4.78 is 13.7. The summed E-state index contributed by atoms with van der Waals surface area (Å²) in [5.41, 5.74) is 6.08. The lowest BCUT2D eigenvalue weighted by Gasteiger charge is -2.15. The predicted molar refractivity (Wildman–Crippen MR) is 73.6 cm³/mol. The van der Waals surface area contributed by atoms with Gasteiger partial charge in [0.05, 0.1) is 0 Å². The summed E-state index contributed by atoms with van der Waals surface area (Å²) in [5, 5.41) is 3.33. The van der Waals surface area contributed by atoms with Gasteiger partial charge in [-0.3, -0.25) is 4.79 Å². The van der Waals surface area contributed by atoms with Gasteiger partial charge in [-0.15, -0.1) is 0 Å². The van der Waals surface area contributed by atoms with Crippen molar-refractivity contribution in [3.05, 3.63) is 34.1 Å². The number of halogens is 2. The lowest BCUT2D eigenvalue weighted by Crippen LogP contribution is -2.20. The second-order valence-electron chi connectivity index (χ2n) is 4.27. The Bertz CT molecular complexity index is 412. The molecule has 3 nitrogen and oxygen atoms in total. The van der Waals surface area contributed by atoms with E-state index < -0.39 is 0 Å². The number of hydrogen-bond donors (Lipinski definition) is 2. The van der Waals surface area contributed by atoms with Gasteiger partial charge in [-0.1, -0.05) is 22.0 Å². The molecule has 0 heterocycles. The van der Waals surface area contributed by atoms with E-state index in [1.54, 1.807) is 6.07 Å². The molecule has 3 N–H and O–H groups in total. The molecule has 0 spiro atoms. The Morgan fingerprint density at radius 3 is 2.83 bits per heavy atom. The van der Waals surface area contributed by atoms with Gasteiger partial charge in [-0.2, -0.15) is 0 Å². The number of nitrogens with two attached hydrogens (primary N) is 1. The van der Waals surface area contributed by atoms with Gasteiger partial charge in [0, 0.05) is 16.9 Å². The van der Waals surface area contributed by atoms with Gasteiger partial charge in [0.15, 0.2) is 0 Å². The van der Waals surface area contributed by atoms with E-state index in [1.807, 2.05) is 6.92 Å². The number of nitrogens with one attached hydrogen (secondary N) is 1. The van der Waals surface area contributed by atoms with Crippen LogP contribution in [0.2, 0.25) is 0 Å². The van der Waals surface area contributed by atoms with Gasteiger partial charge in [0.2, 0.25) is 5.91 Å². The van der Waals surface area contributed by atoms with Crippen molar-refractivity contribution in [1.82, 2.24) is 5.32 Å². The molecule has 1 aromatic rings. The minimum Gasteiger partial charge on any atom is -0.370 e. The van der Waals surface area contributed by atoms with Crippen LogP contribution in [0.25, 0.3) is 0 Å². The monoisotopic (exact) mass is 316 g/mol. The van der Waals surface area contributed by atoms with Crippen molar-refractivity contribution < 1.29 is 9.18 Å². The molecule has 1 unspecified atom stereocenters. The Hall–Kier alpha value is -0.940. The average molecular weight is 317 g/mol. The van der Waals surface area contributed by atoms with Gasteiger partial charge >= 0.3 is 0 Å². The molecule has 100 valence electrons. The second kappa shape index (κ2) is 7.48. The Balaban J connectivity index is 2.36. The van der Waals surface area contributed by atoms with Crippen LogP contribution in [0.15, 0.2) is 22.7 Å². The quantitative estimate of drug-likeness (QED) is 0.760. The molecule has 0 saturated heterocycles. The third-order valence-electron chi connectivity index (χ3n) is 2.73. The fourth-order valence-electron chi connectivity index (χ4n) is 1.71. The molecule has 0 aliphatic heterocycles. The lowest BCUT2D eigenvalue weighted by molar-refractivity contribution is -0.118. The first-order valence-corrected chi connectivity index (χ1v) is 6.76. The van der Waals surface area contributed by atoms with Crippen LogP contribution < -0.4 is 11.1 Å². The molecule has 0 aliphatic carbocycles. The highest BCUT2D eigenvalue weighted by Crippen LogP contribution is 2.24. The summed E-state index contributed by atoms with van der Waals surface area (Å²) in [4.78, 5) is 10.6. The van der Waals surface area contributed by atoms with Crippen molar-refractivity contribution in [1.29, 1.82) is 0 Å². The van der Waals surface area contributed by atoms with Crippen LogP contribution in [-0.2, 0) is 4.79 Å². The summed E-state index contributed by atoms with van der Waals surface area (Å²) in [6.07, 6.45) is 2.11. The standard InChI is InChI=1S/C13H18BrFN2O/c1-9(17-7-3-2-4-13(16)18)11-6-5-10(15)8-12(11)14/h5-6,8-9,17H,2-4,7H2,1H3,(H2,16,18). The molecule has 18 heavy (non-hydrogen) atoms. The third kappa shape index (κ3) is 5.14. The van der Waals surface area contributed by atoms with Crippen LogP contribution >= 0.6 is 15.9 Å². The Morgan fingerprint density at radius 1 is 1.50 bits per heavy atom. The van der Waals surface area contributed by atoms with Crippen molar-refractivity contribution in [2.45, 2.75) is 32.2 Å². The fraction of sp³-hybridized carbons (Fsp3) is 0.462. The fourth-order valence-corrected chi connectivity index (χ4v) is 2.40. The van der Waals surface area contributed by atoms with Crippen molar-refractivity contribution in [2.75, 3.05) is 6.54 Å². The number of hydrogen-bond acceptors (Lipinski definition) is 2. The van der Waals surface area contributed by atoms with Crippen molar-refractivity contribution in [3.8, 4) is 0 Å². The largest absolute Gasteiger partial charge is 0.370 e. The van der Waals surface area contributed by atoms with Gasteiger partial charge < -0.3 is 11.1 Å². The Kier molecular flexibility index (Phi) is 6.29. The zero-order valence-corrected chi connectivity index (χ0v) is 12.0. The van der Waals surface area contributed by atoms with Crippen molar-refractivity contribution in [3.63, 3.8) is 0 Å². The molecule has 1 amide bonds. The Morgan fingerprint density at radius 2 is 2.22 bits per heavy atom. The molecule has 0 aliphatic rings. The van der Waals surface area contributed by atoms with Crippen LogP contribution in [0.1, 0.15) is 37.8 Å². The highest BCUT2D eigenvalue weighted by Gasteiger charge is 2.09. The lowest BCUT2D eigenvalue weighted by atomic mass is 10.1. The maximum absolute atomic E-state index is 12.9. The number of unbranched alkanes of at least 4 members (excludes halogenated alkanes) is 1. The number of benzene rings is 1. The molecule has 0 radical (unpaired) electrons. The average Bonchev–Trinajstić information content (AvgIpc) is 2.27. The highest BCUT2D eigenvalue weighted by atomic mass is 79.9. The number of carbonyl (C=O) groups excluding carboxylic acids is 1. The molecule has 1 rings (SSSR count). The molecule has 0 bridgehead atoms. The molecule has 5 heteroatoms. The molecule has 0 fully saturated rings. The Labute approximate surface area is 115 Å². The summed E-state index contributed by atoms with van der Waals surface area (Å²) in [7, 11) is 0. The van der Waals surface area contributed by atoms with Gasteiger partial charge in [-0.05, 0) is 44.0 Å². The van der Waals surface area contributed by atoms with Gasteiger partial charge in [0.25, 0.3) is 0 Å². The number of amides is 1.